The molecule has 0 saturated carbocycles. The molecule has 0 aromatic carbocycles. The van der Waals surface area contributed by atoms with Crippen LogP contribution in [0.2, 0.25) is 0 Å². The lowest BCUT2D eigenvalue weighted by atomic mass is 10.2. The average Bonchev–Trinajstić information content (AvgIpc) is 2.17. The summed E-state index contributed by atoms with van der Waals surface area (Å²) >= 11 is 0. The van der Waals surface area contributed by atoms with Gasteiger partial charge in [-0.2, -0.15) is 0 Å². The molecule has 1 unspecified atom stereocenters. The van der Waals surface area contributed by atoms with Gasteiger partial charge in [-0.25, -0.2) is 0 Å². The number of aromatic hydroxyl groups is 1. The summed E-state index contributed by atoms with van der Waals surface area (Å²) in [5.74, 6) is 0.0309. The predicted molar refractivity (Wildman–Crippen MR) is 57.2 cm³/mol. The second-order valence-corrected chi connectivity index (χ2v) is 4.52. The van der Waals surface area contributed by atoms with Crippen LogP contribution in [0.15, 0.2) is 18.5 Å². The fourth-order valence-electron chi connectivity index (χ4n) is 0.962. The maximum Gasteiger partial charge on any atom is 0.253 e. The first-order chi connectivity index (χ1) is 7.09. The maximum atomic E-state index is 11.4. The van der Waals surface area contributed by atoms with Gasteiger partial charge in [0.1, 0.15) is 5.75 Å². The minimum atomic E-state index is -0.923. The molecular weight excluding hydrogens is 216 g/mol. The number of aromatic nitrogens is 1. The molecule has 0 aliphatic heterocycles. The third-order valence-corrected chi connectivity index (χ3v) is 2.44. The van der Waals surface area contributed by atoms with E-state index < -0.39 is 10.8 Å². The summed E-state index contributed by atoms with van der Waals surface area (Å²) < 4.78 is 10.7. The number of rotatable bonds is 4. The lowest BCUT2D eigenvalue weighted by Crippen LogP contribution is -2.27. The summed E-state index contributed by atoms with van der Waals surface area (Å²) in [6, 6.07) is 1.32. The fourth-order valence-corrected chi connectivity index (χ4v) is 1.35. The molecule has 1 amide bonds. The first-order valence-electron chi connectivity index (χ1n) is 4.32. The Morgan fingerprint density at radius 2 is 2.33 bits per heavy atom. The van der Waals surface area contributed by atoms with Crippen LogP contribution in [-0.4, -0.2) is 38.8 Å². The molecule has 0 aliphatic rings. The quantitative estimate of drug-likeness (QED) is 0.754. The summed E-state index contributed by atoms with van der Waals surface area (Å²) in [5.41, 5.74) is 0.289. The molecule has 82 valence electrons. The second-order valence-electron chi connectivity index (χ2n) is 2.97. The average molecular weight is 228 g/mol. The van der Waals surface area contributed by atoms with Crippen molar-refractivity contribution in [1.29, 1.82) is 0 Å². The van der Waals surface area contributed by atoms with Gasteiger partial charge in [-0.05, 0) is 6.07 Å². The van der Waals surface area contributed by atoms with Crippen molar-refractivity contribution in [2.24, 2.45) is 0 Å². The van der Waals surface area contributed by atoms with Gasteiger partial charge in [0.25, 0.3) is 5.91 Å². The van der Waals surface area contributed by atoms with E-state index >= 15 is 0 Å². The van der Waals surface area contributed by atoms with Crippen LogP contribution in [-0.2, 0) is 10.8 Å². The number of hydrogen-bond donors (Lipinski definition) is 2. The van der Waals surface area contributed by atoms with Gasteiger partial charge in [0.2, 0.25) is 0 Å². The molecule has 1 heterocycles. The van der Waals surface area contributed by atoms with E-state index in [9.17, 15) is 9.00 Å². The first kappa shape index (κ1) is 11.6. The zero-order valence-corrected chi connectivity index (χ0v) is 9.08. The molecule has 15 heavy (non-hydrogen) atoms. The number of carbonyl (C=O) groups is 1. The van der Waals surface area contributed by atoms with Gasteiger partial charge < -0.3 is 10.4 Å². The molecule has 0 spiro atoms. The van der Waals surface area contributed by atoms with Crippen LogP contribution in [0.1, 0.15) is 10.4 Å². The Morgan fingerprint density at radius 3 is 2.93 bits per heavy atom. The Hall–Kier alpha value is -1.43. The molecule has 6 heteroatoms. The van der Waals surface area contributed by atoms with Crippen molar-refractivity contribution in [3.8, 4) is 5.75 Å². The van der Waals surface area contributed by atoms with Crippen molar-refractivity contribution in [2.75, 3.05) is 18.6 Å². The van der Waals surface area contributed by atoms with Crippen molar-refractivity contribution >= 4 is 16.7 Å². The van der Waals surface area contributed by atoms with Crippen molar-refractivity contribution in [1.82, 2.24) is 10.3 Å². The minimum absolute atomic E-state index is 0.0540. The van der Waals surface area contributed by atoms with E-state index in [2.05, 4.69) is 10.3 Å². The Bertz CT molecular complexity index is 381. The summed E-state index contributed by atoms with van der Waals surface area (Å²) in [7, 11) is -0.923. The van der Waals surface area contributed by atoms with Gasteiger partial charge in [-0.3, -0.25) is 14.0 Å². The molecule has 1 aromatic heterocycles. The molecule has 1 aromatic rings. The number of amides is 1. The molecule has 0 saturated heterocycles. The Kier molecular flexibility index (Phi) is 4.23. The Balaban J connectivity index is 2.50. The monoisotopic (exact) mass is 228 g/mol. The molecule has 2 N–H and O–H groups in total. The lowest BCUT2D eigenvalue weighted by Gasteiger charge is -2.03. The maximum absolute atomic E-state index is 11.4. The number of hydrogen-bond acceptors (Lipinski definition) is 4. The highest BCUT2D eigenvalue weighted by atomic mass is 32.2. The number of nitrogens with zero attached hydrogens (tertiary/aromatic N) is 1. The largest absolute Gasteiger partial charge is 0.506 e. The topological polar surface area (TPSA) is 79.3 Å². The number of pyridine rings is 1. The molecule has 0 bridgehead atoms. The summed E-state index contributed by atoms with van der Waals surface area (Å²) in [5, 5.41) is 11.7. The highest BCUT2D eigenvalue weighted by molar-refractivity contribution is 7.84. The molecule has 1 atom stereocenters. The zero-order valence-electron chi connectivity index (χ0n) is 8.27. The van der Waals surface area contributed by atoms with Gasteiger partial charge in [0.05, 0.1) is 11.8 Å². The molecule has 0 fully saturated rings. The number of carbonyl (C=O) groups excluding carboxylic acids is 1. The van der Waals surface area contributed by atoms with Crippen LogP contribution in [0.3, 0.4) is 0 Å². The van der Waals surface area contributed by atoms with Crippen LogP contribution >= 0.6 is 0 Å². The molecular formula is C9H12N2O3S. The number of nitrogens with one attached hydrogen (secondary N) is 1. The van der Waals surface area contributed by atoms with E-state index in [1.54, 1.807) is 6.26 Å². The van der Waals surface area contributed by atoms with Gasteiger partial charge in [0, 0.05) is 35.5 Å². The minimum Gasteiger partial charge on any atom is -0.506 e. The molecule has 0 aliphatic carbocycles. The molecule has 1 rings (SSSR count). The zero-order chi connectivity index (χ0) is 11.3. The van der Waals surface area contributed by atoms with Crippen molar-refractivity contribution < 1.29 is 14.1 Å². The van der Waals surface area contributed by atoms with Crippen LogP contribution in [0.5, 0.6) is 5.75 Å². The summed E-state index contributed by atoms with van der Waals surface area (Å²) in [6.07, 6.45) is 4.18. The van der Waals surface area contributed by atoms with E-state index in [-0.39, 0.29) is 17.2 Å². The van der Waals surface area contributed by atoms with Gasteiger partial charge in [0.15, 0.2) is 0 Å². The van der Waals surface area contributed by atoms with Crippen molar-refractivity contribution in [3.63, 3.8) is 0 Å². The first-order valence-corrected chi connectivity index (χ1v) is 6.04. The molecule has 0 radical (unpaired) electrons. The van der Waals surface area contributed by atoms with E-state index in [4.69, 9.17) is 5.11 Å². The van der Waals surface area contributed by atoms with E-state index in [1.165, 1.54) is 18.5 Å². The Morgan fingerprint density at radius 1 is 1.60 bits per heavy atom. The van der Waals surface area contributed by atoms with Crippen molar-refractivity contribution in [3.05, 3.63) is 24.0 Å². The van der Waals surface area contributed by atoms with Crippen LogP contribution in [0, 0.1) is 0 Å². The Labute approximate surface area is 90.0 Å². The van der Waals surface area contributed by atoms with Crippen molar-refractivity contribution in [2.45, 2.75) is 0 Å². The SMILES string of the molecule is CS(=O)CCNC(=O)c1cncc(O)c1. The van der Waals surface area contributed by atoms with Crippen LogP contribution in [0.4, 0.5) is 0 Å². The normalized spacial score (nSPS) is 12.1. The summed E-state index contributed by atoms with van der Waals surface area (Å²) in [6.45, 7) is 0.345. The lowest BCUT2D eigenvalue weighted by molar-refractivity contribution is 0.0955. The smallest absolute Gasteiger partial charge is 0.253 e. The van der Waals surface area contributed by atoms with Gasteiger partial charge in [-0.15, -0.1) is 0 Å². The summed E-state index contributed by atoms with van der Waals surface area (Å²) in [4.78, 5) is 15.1. The molecule has 5 nitrogen and oxygen atoms in total. The van der Waals surface area contributed by atoms with Crippen LogP contribution in [0.25, 0.3) is 0 Å². The van der Waals surface area contributed by atoms with E-state index in [1.807, 2.05) is 0 Å². The standard InChI is InChI=1S/C9H12N2O3S/c1-15(14)3-2-11-9(13)7-4-8(12)6-10-5-7/h4-6,12H,2-3H2,1H3,(H,11,13). The highest BCUT2D eigenvalue weighted by Gasteiger charge is 2.05. The predicted octanol–water partition coefficient (Wildman–Crippen LogP) is -0.105. The van der Waals surface area contributed by atoms with E-state index in [0.29, 0.717) is 12.3 Å². The van der Waals surface area contributed by atoms with Crippen LogP contribution < -0.4 is 5.32 Å². The van der Waals surface area contributed by atoms with Gasteiger partial charge >= 0.3 is 0 Å². The van der Waals surface area contributed by atoms with E-state index in [0.717, 1.165) is 0 Å². The third-order valence-electron chi connectivity index (χ3n) is 1.66. The third kappa shape index (κ3) is 4.07. The highest BCUT2D eigenvalue weighted by Crippen LogP contribution is 2.07. The second kappa shape index (κ2) is 5.45. The van der Waals surface area contributed by atoms with Gasteiger partial charge in [-0.1, -0.05) is 0 Å². The fraction of sp³-hybridized carbons (Fsp3) is 0.333.